The Kier molecular flexibility index (Phi) is 7.47. The summed E-state index contributed by atoms with van der Waals surface area (Å²) in [6, 6.07) is 1.23. The lowest BCUT2D eigenvalue weighted by atomic mass is 9.97. The Balaban J connectivity index is 1.34. The Morgan fingerprint density at radius 3 is 2.43 bits per heavy atom. The van der Waals surface area contributed by atoms with E-state index in [1.807, 2.05) is 6.92 Å². The maximum Gasteiger partial charge on any atom is 0.343 e. The second-order valence-electron chi connectivity index (χ2n) is 8.56. The van der Waals surface area contributed by atoms with Crippen LogP contribution in [0.1, 0.15) is 99.6 Å². The van der Waals surface area contributed by atoms with Crippen LogP contribution in [-0.4, -0.2) is 40.3 Å². The molecule has 2 aliphatic rings. The van der Waals surface area contributed by atoms with E-state index in [0.29, 0.717) is 18.4 Å². The summed E-state index contributed by atoms with van der Waals surface area (Å²) >= 11 is 0. The van der Waals surface area contributed by atoms with Crippen LogP contribution in [0.25, 0.3) is 0 Å². The quantitative estimate of drug-likeness (QED) is 0.269. The molecule has 30 heavy (non-hydrogen) atoms. The van der Waals surface area contributed by atoms with Gasteiger partial charge in [-0.05, 0) is 32.6 Å². The number of hydrogen-bond acceptors (Lipinski definition) is 7. The van der Waals surface area contributed by atoms with Crippen molar-refractivity contribution in [1.29, 1.82) is 0 Å². The normalized spacial score (nSPS) is 25.4. The molecular weight excluding hydrogens is 388 g/mol. The van der Waals surface area contributed by atoms with Crippen LogP contribution in [0.15, 0.2) is 6.07 Å². The molecule has 1 aromatic rings. The van der Waals surface area contributed by atoms with Gasteiger partial charge in [-0.15, -0.1) is 0 Å². The SMILES string of the molecule is COc1cc(O)c(O)c2c1C(=O)OC2CCCCCCCCCC1(O)CCC(C)O1. The van der Waals surface area contributed by atoms with Gasteiger partial charge in [0, 0.05) is 18.9 Å². The maximum atomic E-state index is 12.2. The van der Waals surface area contributed by atoms with Gasteiger partial charge in [0.05, 0.1) is 18.8 Å². The third kappa shape index (κ3) is 5.19. The summed E-state index contributed by atoms with van der Waals surface area (Å²) in [6.45, 7) is 2.00. The fraction of sp³-hybridized carbons (Fsp3) is 0.696. The minimum atomic E-state index is -0.906. The molecule has 7 heteroatoms. The van der Waals surface area contributed by atoms with Crippen molar-refractivity contribution in [3.8, 4) is 17.2 Å². The number of rotatable bonds is 11. The first-order valence-corrected chi connectivity index (χ1v) is 11.1. The fourth-order valence-corrected chi connectivity index (χ4v) is 4.51. The van der Waals surface area contributed by atoms with Crippen molar-refractivity contribution in [2.24, 2.45) is 0 Å². The molecule has 2 aliphatic heterocycles. The van der Waals surface area contributed by atoms with E-state index >= 15 is 0 Å². The zero-order valence-corrected chi connectivity index (χ0v) is 18.0. The molecule has 0 bridgehead atoms. The first-order chi connectivity index (χ1) is 14.3. The predicted octanol–water partition coefficient (Wildman–Crippen LogP) is 4.72. The van der Waals surface area contributed by atoms with E-state index in [2.05, 4.69) is 0 Å². The van der Waals surface area contributed by atoms with Crippen molar-refractivity contribution in [2.45, 2.75) is 95.5 Å². The molecule has 1 saturated heterocycles. The predicted molar refractivity (Wildman–Crippen MR) is 111 cm³/mol. The third-order valence-electron chi connectivity index (χ3n) is 6.17. The maximum absolute atomic E-state index is 12.2. The largest absolute Gasteiger partial charge is 0.504 e. The number of unbranched alkanes of at least 4 members (excludes halogenated alkanes) is 6. The molecule has 3 atom stereocenters. The summed E-state index contributed by atoms with van der Waals surface area (Å²) in [5.74, 6) is -1.82. The van der Waals surface area contributed by atoms with Crippen molar-refractivity contribution >= 4 is 5.97 Å². The van der Waals surface area contributed by atoms with Gasteiger partial charge in [-0.1, -0.05) is 32.1 Å². The summed E-state index contributed by atoms with van der Waals surface area (Å²) in [5, 5.41) is 30.4. The number of cyclic esters (lactones) is 1. The zero-order valence-electron chi connectivity index (χ0n) is 18.0. The van der Waals surface area contributed by atoms with E-state index in [-0.39, 0.29) is 28.9 Å². The molecule has 0 aliphatic carbocycles. The number of hydrogen-bond donors (Lipinski definition) is 3. The zero-order chi connectivity index (χ0) is 21.7. The van der Waals surface area contributed by atoms with Gasteiger partial charge in [0.2, 0.25) is 0 Å². The van der Waals surface area contributed by atoms with Crippen LogP contribution in [-0.2, 0) is 9.47 Å². The van der Waals surface area contributed by atoms with Gasteiger partial charge in [0.15, 0.2) is 17.3 Å². The second kappa shape index (κ2) is 9.88. The molecule has 0 spiro atoms. The lowest BCUT2D eigenvalue weighted by molar-refractivity contribution is -0.193. The molecule has 1 fully saturated rings. The fourth-order valence-electron chi connectivity index (χ4n) is 4.51. The van der Waals surface area contributed by atoms with E-state index in [0.717, 1.165) is 57.8 Å². The number of aromatic hydroxyl groups is 2. The molecule has 3 unspecified atom stereocenters. The topological polar surface area (TPSA) is 105 Å². The van der Waals surface area contributed by atoms with Crippen molar-refractivity contribution in [1.82, 2.24) is 0 Å². The van der Waals surface area contributed by atoms with Crippen molar-refractivity contribution in [2.75, 3.05) is 7.11 Å². The summed E-state index contributed by atoms with van der Waals surface area (Å²) in [5.41, 5.74) is 0.540. The summed E-state index contributed by atoms with van der Waals surface area (Å²) in [4.78, 5) is 12.2. The molecule has 7 nitrogen and oxygen atoms in total. The molecular formula is C23H34O7. The van der Waals surface area contributed by atoms with Crippen molar-refractivity contribution in [3.63, 3.8) is 0 Å². The van der Waals surface area contributed by atoms with Crippen LogP contribution < -0.4 is 4.74 Å². The van der Waals surface area contributed by atoms with Gasteiger partial charge in [0.25, 0.3) is 0 Å². The molecule has 3 N–H and O–H groups in total. The average Bonchev–Trinajstić information content (AvgIpc) is 3.22. The number of phenolic OH excluding ortho intramolecular Hbond substituents is 2. The number of ether oxygens (including phenoxy) is 3. The van der Waals surface area contributed by atoms with Gasteiger partial charge < -0.3 is 29.5 Å². The van der Waals surface area contributed by atoms with E-state index in [9.17, 15) is 20.1 Å². The molecule has 0 aromatic heterocycles. The number of aliphatic hydroxyl groups is 1. The lowest BCUT2D eigenvalue weighted by Gasteiger charge is -2.22. The van der Waals surface area contributed by atoms with Crippen LogP contribution >= 0.6 is 0 Å². The number of fused-ring (bicyclic) bond motifs is 1. The molecule has 0 radical (unpaired) electrons. The summed E-state index contributed by atoms with van der Waals surface area (Å²) in [7, 11) is 1.41. The molecule has 1 aromatic carbocycles. The smallest absolute Gasteiger partial charge is 0.343 e. The Morgan fingerprint density at radius 2 is 1.80 bits per heavy atom. The first kappa shape index (κ1) is 22.7. The van der Waals surface area contributed by atoms with Gasteiger partial charge in [-0.25, -0.2) is 4.79 Å². The van der Waals surface area contributed by atoms with E-state index in [4.69, 9.17) is 14.2 Å². The summed E-state index contributed by atoms with van der Waals surface area (Å²) < 4.78 is 16.2. The molecule has 168 valence electrons. The lowest BCUT2D eigenvalue weighted by Crippen LogP contribution is -2.27. The van der Waals surface area contributed by atoms with Gasteiger partial charge in [0.1, 0.15) is 17.4 Å². The highest BCUT2D eigenvalue weighted by Crippen LogP contribution is 2.48. The highest BCUT2D eigenvalue weighted by Gasteiger charge is 2.38. The van der Waals surface area contributed by atoms with E-state index < -0.39 is 17.9 Å². The van der Waals surface area contributed by atoms with Gasteiger partial charge in [-0.2, -0.15) is 0 Å². The molecule has 0 amide bonds. The third-order valence-corrected chi connectivity index (χ3v) is 6.17. The average molecular weight is 423 g/mol. The number of esters is 1. The number of phenols is 2. The first-order valence-electron chi connectivity index (χ1n) is 11.1. The summed E-state index contributed by atoms with van der Waals surface area (Å²) in [6.07, 6.45) is 9.84. The van der Waals surface area contributed by atoms with Crippen LogP contribution in [0.3, 0.4) is 0 Å². The van der Waals surface area contributed by atoms with Crippen molar-refractivity contribution in [3.05, 3.63) is 17.2 Å². The van der Waals surface area contributed by atoms with Gasteiger partial charge in [-0.3, -0.25) is 0 Å². The van der Waals surface area contributed by atoms with Gasteiger partial charge >= 0.3 is 5.97 Å². The minimum Gasteiger partial charge on any atom is -0.504 e. The molecule has 2 heterocycles. The Hall–Kier alpha value is -1.99. The van der Waals surface area contributed by atoms with Crippen LogP contribution in [0.2, 0.25) is 0 Å². The molecule has 3 rings (SSSR count). The highest BCUT2D eigenvalue weighted by atomic mass is 16.6. The van der Waals surface area contributed by atoms with E-state index in [1.165, 1.54) is 13.2 Å². The Bertz CT molecular complexity index is 748. The van der Waals surface area contributed by atoms with Crippen molar-refractivity contribution < 1.29 is 34.3 Å². The monoisotopic (exact) mass is 422 g/mol. The van der Waals surface area contributed by atoms with E-state index in [1.54, 1.807) is 0 Å². The highest BCUT2D eigenvalue weighted by molar-refractivity contribution is 5.98. The standard InChI is InChI=1S/C23H34O7/c1-15-11-13-23(27,30-15)12-9-7-5-3-4-6-8-10-17-19-20(22(26)29-17)18(28-2)14-16(24)21(19)25/h14-15,17,24-25,27H,3-13H2,1-2H3. The molecule has 0 saturated carbocycles. The second-order valence-corrected chi connectivity index (χ2v) is 8.56. The number of methoxy groups -OCH3 is 1. The Labute approximate surface area is 178 Å². The van der Waals surface area contributed by atoms with Crippen LogP contribution in [0, 0.1) is 0 Å². The Morgan fingerprint density at radius 1 is 1.13 bits per heavy atom. The number of carbonyl (C=O) groups excluding carboxylic acids is 1. The minimum absolute atomic E-state index is 0.160. The number of benzene rings is 1. The number of carbonyl (C=O) groups is 1. The van der Waals surface area contributed by atoms with Crippen LogP contribution in [0.5, 0.6) is 17.2 Å². The van der Waals surface area contributed by atoms with Crippen LogP contribution in [0.4, 0.5) is 0 Å².